The Balaban J connectivity index is 1.29. The van der Waals surface area contributed by atoms with Gasteiger partial charge in [0.05, 0.1) is 12.2 Å². The lowest BCUT2D eigenvalue weighted by atomic mass is 9.74. The van der Waals surface area contributed by atoms with Gasteiger partial charge in [0.25, 0.3) is 5.56 Å². The van der Waals surface area contributed by atoms with E-state index in [9.17, 15) is 9.18 Å². The third-order valence-corrected chi connectivity index (χ3v) is 7.55. The summed E-state index contributed by atoms with van der Waals surface area (Å²) in [6.07, 6.45) is 8.40. The molecular weight excluding hydrogens is 438 g/mol. The molecule has 0 radical (unpaired) electrons. The van der Waals surface area contributed by atoms with E-state index in [0.717, 1.165) is 43.0 Å². The van der Waals surface area contributed by atoms with Crippen LogP contribution in [0.4, 0.5) is 20.4 Å². The fourth-order valence-corrected chi connectivity index (χ4v) is 5.88. The molecule has 4 heterocycles. The van der Waals surface area contributed by atoms with Gasteiger partial charge in [-0.25, -0.2) is 23.7 Å². The highest BCUT2D eigenvalue weighted by Crippen LogP contribution is 2.49. The topological polar surface area (TPSA) is 78.0 Å². The van der Waals surface area contributed by atoms with Crippen LogP contribution in [0.5, 0.6) is 0 Å². The first-order valence-electron chi connectivity index (χ1n) is 11.9. The summed E-state index contributed by atoms with van der Waals surface area (Å²) in [5.41, 5.74) is 2.41. The molecular formula is C25H26F2N6O. The minimum atomic E-state index is -0.583. The average Bonchev–Trinajstić information content (AvgIpc) is 3.12. The zero-order valence-electron chi connectivity index (χ0n) is 18.9. The standard InChI is InChI=1S/C25H26F2N6O/c26-16-12-18(27)22-20(13-16)33(14-21-28-8-3-9-29-21)15-25(22)6-10-32(11-7-25)24-30-19-5-2-1-4-17(19)23(34)31-24/h3,8-9,12-13H,1-2,4-7,10-11,14-15H2,(H,30,31,34). The average molecular weight is 465 g/mol. The van der Waals surface area contributed by atoms with E-state index in [4.69, 9.17) is 4.98 Å². The molecule has 6 rings (SSSR count). The molecule has 0 saturated carbocycles. The van der Waals surface area contributed by atoms with E-state index in [1.807, 2.05) is 4.90 Å². The van der Waals surface area contributed by atoms with E-state index >= 15 is 4.39 Å². The van der Waals surface area contributed by atoms with Crippen LogP contribution in [0.15, 0.2) is 35.4 Å². The van der Waals surface area contributed by atoms with Gasteiger partial charge < -0.3 is 9.80 Å². The van der Waals surface area contributed by atoms with E-state index in [-0.39, 0.29) is 5.56 Å². The number of hydrogen-bond acceptors (Lipinski definition) is 6. The third kappa shape index (κ3) is 3.54. The van der Waals surface area contributed by atoms with E-state index in [1.165, 1.54) is 6.07 Å². The summed E-state index contributed by atoms with van der Waals surface area (Å²) in [5, 5.41) is 0. The van der Waals surface area contributed by atoms with Crippen molar-refractivity contribution in [3.63, 3.8) is 0 Å². The first-order valence-corrected chi connectivity index (χ1v) is 11.9. The number of nitrogens with one attached hydrogen (secondary N) is 1. The van der Waals surface area contributed by atoms with Gasteiger partial charge in [0, 0.05) is 60.3 Å². The molecule has 1 aromatic carbocycles. The molecule has 9 heteroatoms. The second kappa shape index (κ2) is 8.14. The number of hydrogen-bond donors (Lipinski definition) is 1. The molecule has 0 atom stereocenters. The zero-order valence-corrected chi connectivity index (χ0v) is 18.9. The van der Waals surface area contributed by atoms with Crippen LogP contribution in [0.3, 0.4) is 0 Å². The van der Waals surface area contributed by atoms with Crippen LogP contribution in [0, 0.1) is 11.6 Å². The summed E-state index contributed by atoms with van der Waals surface area (Å²) in [5.74, 6) is 0.136. The van der Waals surface area contributed by atoms with Gasteiger partial charge in [-0.1, -0.05) is 0 Å². The van der Waals surface area contributed by atoms with Gasteiger partial charge in [0.15, 0.2) is 0 Å². The lowest BCUT2D eigenvalue weighted by Crippen LogP contribution is -2.46. The Morgan fingerprint density at radius 1 is 1.06 bits per heavy atom. The van der Waals surface area contributed by atoms with Crippen LogP contribution in [-0.2, 0) is 24.8 Å². The Bertz CT molecular complexity index is 1290. The molecule has 7 nitrogen and oxygen atoms in total. The van der Waals surface area contributed by atoms with Crippen molar-refractivity contribution < 1.29 is 8.78 Å². The SMILES string of the molecule is O=c1[nH]c(N2CCC3(CC2)CN(Cc2ncccn2)c2cc(F)cc(F)c23)nc2c1CCCC2. The van der Waals surface area contributed by atoms with Crippen molar-refractivity contribution in [3.8, 4) is 0 Å². The highest BCUT2D eigenvalue weighted by atomic mass is 19.1. The highest BCUT2D eigenvalue weighted by molar-refractivity contribution is 5.64. The van der Waals surface area contributed by atoms with Crippen molar-refractivity contribution in [1.29, 1.82) is 0 Å². The molecule has 1 saturated heterocycles. The number of benzene rings is 1. The minimum Gasteiger partial charge on any atom is -0.363 e. The molecule has 0 bridgehead atoms. The van der Waals surface area contributed by atoms with Crippen molar-refractivity contribution in [2.24, 2.45) is 0 Å². The van der Waals surface area contributed by atoms with Crippen molar-refractivity contribution in [1.82, 2.24) is 19.9 Å². The van der Waals surface area contributed by atoms with Crippen molar-refractivity contribution in [3.05, 3.63) is 75.2 Å². The molecule has 3 aliphatic rings. The molecule has 2 aliphatic heterocycles. The van der Waals surface area contributed by atoms with E-state index in [2.05, 4.69) is 19.9 Å². The molecule has 176 valence electrons. The number of aromatic amines is 1. The van der Waals surface area contributed by atoms with E-state index in [0.29, 0.717) is 62.0 Å². The summed E-state index contributed by atoms with van der Waals surface area (Å²) >= 11 is 0. The second-order valence-corrected chi connectivity index (χ2v) is 9.59. The molecule has 1 aliphatic carbocycles. The van der Waals surface area contributed by atoms with Crippen molar-refractivity contribution in [2.75, 3.05) is 29.4 Å². The Morgan fingerprint density at radius 3 is 2.62 bits per heavy atom. The highest BCUT2D eigenvalue weighted by Gasteiger charge is 2.47. The maximum Gasteiger partial charge on any atom is 0.255 e. The molecule has 1 fully saturated rings. The Kier molecular flexibility index (Phi) is 5.08. The second-order valence-electron chi connectivity index (χ2n) is 9.59. The van der Waals surface area contributed by atoms with Crippen LogP contribution in [0.2, 0.25) is 0 Å². The number of H-pyrrole nitrogens is 1. The summed E-state index contributed by atoms with van der Waals surface area (Å²) in [6.45, 7) is 2.23. The van der Waals surface area contributed by atoms with Crippen LogP contribution >= 0.6 is 0 Å². The summed E-state index contributed by atoms with van der Waals surface area (Å²) in [6, 6.07) is 4.15. The smallest absolute Gasteiger partial charge is 0.255 e. The molecule has 0 amide bonds. The third-order valence-electron chi connectivity index (χ3n) is 7.55. The number of piperidine rings is 1. The van der Waals surface area contributed by atoms with Crippen molar-refractivity contribution >= 4 is 11.6 Å². The van der Waals surface area contributed by atoms with Crippen LogP contribution < -0.4 is 15.4 Å². The predicted octanol–water partition coefficient (Wildman–Crippen LogP) is 3.28. The number of rotatable bonds is 3. The molecule has 1 spiro atoms. The summed E-state index contributed by atoms with van der Waals surface area (Å²) < 4.78 is 29.4. The van der Waals surface area contributed by atoms with Crippen LogP contribution in [-0.4, -0.2) is 39.6 Å². The van der Waals surface area contributed by atoms with Gasteiger partial charge in [0.2, 0.25) is 5.95 Å². The summed E-state index contributed by atoms with van der Waals surface area (Å²) in [4.78, 5) is 33.0. The molecule has 34 heavy (non-hydrogen) atoms. The molecule has 0 unspecified atom stereocenters. The van der Waals surface area contributed by atoms with Gasteiger partial charge in [-0.2, -0.15) is 0 Å². The molecule has 1 N–H and O–H groups in total. The monoisotopic (exact) mass is 464 g/mol. The quantitative estimate of drug-likeness (QED) is 0.641. The van der Waals surface area contributed by atoms with Gasteiger partial charge in [-0.15, -0.1) is 0 Å². The van der Waals surface area contributed by atoms with Crippen LogP contribution in [0.25, 0.3) is 0 Å². The first-order chi connectivity index (χ1) is 16.5. The van der Waals surface area contributed by atoms with Crippen LogP contribution in [0.1, 0.15) is 48.3 Å². The normalized spacial score (nSPS) is 18.8. The fraction of sp³-hybridized carbons (Fsp3) is 0.440. The maximum atomic E-state index is 15.2. The van der Waals surface area contributed by atoms with Gasteiger partial charge in [-0.05, 0) is 50.7 Å². The van der Waals surface area contributed by atoms with E-state index in [1.54, 1.807) is 18.5 Å². The van der Waals surface area contributed by atoms with Gasteiger partial charge in [0.1, 0.15) is 17.5 Å². The Hall–Kier alpha value is -3.36. The lowest BCUT2D eigenvalue weighted by Gasteiger charge is -2.40. The summed E-state index contributed by atoms with van der Waals surface area (Å²) in [7, 11) is 0. The number of fused-ring (bicyclic) bond motifs is 3. The number of aryl methyl sites for hydroxylation is 1. The van der Waals surface area contributed by atoms with E-state index < -0.39 is 17.0 Å². The van der Waals surface area contributed by atoms with Gasteiger partial charge >= 0.3 is 0 Å². The lowest BCUT2D eigenvalue weighted by molar-refractivity contribution is 0.337. The number of anilines is 2. The maximum absolute atomic E-state index is 15.2. The number of aromatic nitrogens is 4. The Morgan fingerprint density at radius 2 is 1.82 bits per heavy atom. The molecule has 3 aromatic rings. The van der Waals surface area contributed by atoms with Gasteiger partial charge in [-0.3, -0.25) is 9.78 Å². The first kappa shape index (κ1) is 21.2. The largest absolute Gasteiger partial charge is 0.363 e. The predicted molar refractivity (Wildman–Crippen MR) is 124 cm³/mol. The fourth-order valence-electron chi connectivity index (χ4n) is 5.88. The van der Waals surface area contributed by atoms with Crippen molar-refractivity contribution in [2.45, 2.75) is 50.5 Å². The minimum absolute atomic E-state index is 0.0400. The molecule has 2 aromatic heterocycles. The number of halogens is 2. The Labute approximate surface area is 195 Å². The number of nitrogens with zero attached hydrogens (tertiary/aromatic N) is 5. The zero-order chi connectivity index (χ0) is 23.3.